The fourth-order valence-electron chi connectivity index (χ4n) is 1.44. The van der Waals surface area contributed by atoms with Crippen molar-refractivity contribution >= 4 is 27.9 Å². The van der Waals surface area contributed by atoms with E-state index in [0.717, 1.165) is 12.1 Å². The van der Waals surface area contributed by atoms with Crippen LogP contribution in [-0.2, 0) is 19.2 Å². The molecule has 0 saturated heterocycles. The number of phenols is 1. The van der Waals surface area contributed by atoms with E-state index in [9.17, 15) is 39.9 Å². The van der Waals surface area contributed by atoms with E-state index in [-0.39, 0.29) is 16.9 Å². The number of nitrogens with zero attached hydrogens (tertiary/aromatic N) is 1. The van der Waals surface area contributed by atoms with Crippen LogP contribution in [0.4, 0.5) is 32.0 Å². The summed E-state index contributed by atoms with van der Waals surface area (Å²) in [7, 11) is -6.11. The fourth-order valence-corrected chi connectivity index (χ4v) is 3.01. The quantitative estimate of drug-likeness (QED) is 0.267. The van der Waals surface area contributed by atoms with Gasteiger partial charge in [0.15, 0.2) is 12.2 Å². The van der Waals surface area contributed by atoms with Gasteiger partial charge in [-0.2, -0.15) is 25.3 Å². The van der Waals surface area contributed by atoms with Gasteiger partial charge in [0.1, 0.15) is 5.75 Å². The summed E-state index contributed by atoms with van der Waals surface area (Å²) in [5, 5.41) is 9.56. The van der Waals surface area contributed by atoms with E-state index >= 15 is 0 Å². The Kier molecular flexibility index (Phi) is 5.90. The molecule has 0 atom stereocenters. The van der Waals surface area contributed by atoms with Crippen LogP contribution in [0.5, 0.6) is 5.75 Å². The monoisotopic (exact) mass is 401 g/mol. The van der Waals surface area contributed by atoms with Crippen molar-refractivity contribution in [1.82, 2.24) is 0 Å². The zero-order valence-corrected chi connectivity index (χ0v) is 13.4. The Morgan fingerprint density at radius 3 is 1.92 bits per heavy atom. The van der Waals surface area contributed by atoms with Crippen LogP contribution in [0.3, 0.4) is 0 Å². The maximum Gasteiger partial charge on any atom is 0.550 e. The van der Waals surface area contributed by atoms with Crippen LogP contribution in [0.25, 0.3) is 0 Å². The lowest BCUT2D eigenvalue weighted by molar-refractivity contribution is -0.440. The van der Waals surface area contributed by atoms with Crippen molar-refractivity contribution in [2.45, 2.75) is 25.7 Å². The summed E-state index contributed by atoms with van der Waals surface area (Å²) in [5.41, 5.74) is -6.54. The lowest BCUT2D eigenvalue weighted by atomic mass is 10.1. The van der Waals surface area contributed by atoms with Crippen molar-refractivity contribution in [2.24, 2.45) is 0 Å². The summed E-state index contributed by atoms with van der Waals surface area (Å²) >= 11 is -0.840. The highest BCUT2D eigenvalue weighted by Gasteiger charge is 2.52. The SMILES string of the molecule is Cc1cc(N(SOOC(F)(F)F)S(=O)(=O)C(F)(F)F)cc(C)c1O. The Bertz CT molecular complexity index is 680. The van der Waals surface area contributed by atoms with Crippen LogP contribution in [0.2, 0.25) is 0 Å². The van der Waals surface area contributed by atoms with E-state index in [1.807, 2.05) is 0 Å². The summed E-state index contributed by atoms with van der Waals surface area (Å²) < 4.78 is 99.6. The Hall–Kier alpha value is -1.38. The van der Waals surface area contributed by atoms with Crippen LogP contribution in [0.1, 0.15) is 11.1 Å². The van der Waals surface area contributed by atoms with Gasteiger partial charge in [-0.15, -0.1) is 22.4 Å². The predicted octanol–water partition coefficient (Wildman–Crippen LogP) is 3.70. The third-order valence-electron chi connectivity index (χ3n) is 2.42. The number of sulfonamides is 1. The Balaban J connectivity index is 3.29. The number of hydrogen-bond acceptors (Lipinski definition) is 6. The number of phenolic OH excluding ortho intramolecular Hbond substituents is 1. The Morgan fingerprint density at radius 1 is 1.08 bits per heavy atom. The predicted molar refractivity (Wildman–Crippen MR) is 70.9 cm³/mol. The van der Waals surface area contributed by atoms with Crippen LogP contribution in [0, 0.1) is 13.8 Å². The molecular formula is C10H9F6NO5S2. The first-order valence-corrected chi connectivity index (χ1v) is 7.81. The number of aryl methyl sites for hydroxylation is 2. The van der Waals surface area contributed by atoms with Gasteiger partial charge >= 0.3 is 21.9 Å². The molecule has 0 aliphatic heterocycles. The highest BCUT2D eigenvalue weighted by Crippen LogP contribution is 2.39. The van der Waals surface area contributed by atoms with E-state index in [1.54, 1.807) is 0 Å². The highest BCUT2D eigenvalue weighted by atomic mass is 32.3. The van der Waals surface area contributed by atoms with Crippen molar-refractivity contribution in [3.8, 4) is 5.75 Å². The summed E-state index contributed by atoms with van der Waals surface area (Å²) in [6, 6.07) is 1.63. The van der Waals surface area contributed by atoms with Gasteiger partial charge < -0.3 is 5.11 Å². The molecule has 0 aromatic heterocycles. The second kappa shape index (κ2) is 6.85. The minimum atomic E-state index is -6.11. The van der Waals surface area contributed by atoms with E-state index in [1.165, 1.54) is 13.8 Å². The second-order valence-electron chi connectivity index (χ2n) is 4.28. The molecule has 1 rings (SSSR count). The average Bonchev–Trinajstić information content (AvgIpc) is 2.37. The number of alkyl halides is 6. The molecule has 0 bridgehead atoms. The van der Waals surface area contributed by atoms with Crippen LogP contribution in [0.15, 0.2) is 12.1 Å². The maximum atomic E-state index is 12.7. The molecule has 0 unspecified atom stereocenters. The molecule has 24 heavy (non-hydrogen) atoms. The van der Waals surface area contributed by atoms with Crippen molar-refractivity contribution in [3.63, 3.8) is 0 Å². The number of aromatic hydroxyl groups is 1. The molecule has 0 aliphatic carbocycles. The standard InChI is InChI=1S/C10H9F6NO5S2/c1-5-3-7(4-6(2)8(5)18)17(23-22-21-9(11,12)13)24(19,20)10(14,15)16/h3-4,18H,1-2H3. The van der Waals surface area contributed by atoms with Crippen LogP contribution >= 0.6 is 12.2 Å². The molecule has 0 amide bonds. The van der Waals surface area contributed by atoms with Crippen molar-refractivity contribution in [2.75, 3.05) is 3.71 Å². The molecule has 138 valence electrons. The third-order valence-corrected chi connectivity index (χ3v) is 4.90. The molecule has 14 heteroatoms. The molecule has 1 N–H and O–H groups in total. The first-order chi connectivity index (χ1) is 10.7. The van der Waals surface area contributed by atoms with E-state index in [4.69, 9.17) is 0 Å². The second-order valence-corrected chi connectivity index (χ2v) is 6.94. The molecule has 1 aromatic rings. The van der Waals surface area contributed by atoms with Gasteiger partial charge in [-0.1, -0.05) is 0 Å². The zero-order valence-electron chi connectivity index (χ0n) is 11.8. The van der Waals surface area contributed by atoms with Gasteiger partial charge in [-0.05, 0) is 37.1 Å². The summed E-state index contributed by atoms with van der Waals surface area (Å²) in [6.07, 6.45) is -5.36. The number of anilines is 1. The molecule has 0 aliphatic rings. The molecule has 0 heterocycles. The minimum Gasteiger partial charge on any atom is -0.507 e. The normalized spacial score (nSPS) is 13.2. The molecule has 0 spiro atoms. The van der Waals surface area contributed by atoms with Crippen molar-refractivity contribution in [3.05, 3.63) is 23.3 Å². The average molecular weight is 401 g/mol. The van der Waals surface area contributed by atoms with E-state index in [2.05, 4.69) is 9.22 Å². The molecule has 0 saturated carbocycles. The summed E-state index contributed by atoms with van der Waals surface area (Å²) in [4.78, 5) is 2.81. The van der Waals surface area contributed by atoms with Gasteiger partial charge in [-0.25, -0.2) is 0 Å². The number of halogens is 6. The number of rotatable bonds is 5. The first kappa shape index (κ1) is 20.7. The zero-order chi connectivity index (χ0) is 18.9. The van der Waals surface area contributed by atoms with Crippen LogP contribution < -0.4 is 3.71 Å². The van der Waals surface area contributed by atoms with E-state index in [0.29, 0.717) is 0 Å². The van der Waals surface area contributed by atoms with Gasteiger partial charge in [0.2, 0.25) is 0 Å². The summed E-state index contributed by atoms with van der Waals surface area (Å²) in [5.74, 6) is -0.319. The Labute approximate surface area is 136 Å². The fraction of sp³-hybridized carbons (Fsp3) is 0.400. The van der Waals surface area contributed by atoms with Crippen molar-refractivity contribution in [1.29, 1.82) is 0 Å². The minimum absolute atomic E-state index is 0.00952. The Morgan fingerprint density at radius 2 is 1.54 bits per heavy atom. The summed E-state index contributed by atoms with van der Waals surface area (Å²) in [6.45, 7) is 2.50. The maximum absolute atomic E-state index is 12.7. The molecule has 6 nitrogen and oxygen atoms in total. The first-order valence-electron chi connectivity index (χ1n) is 5.68. The molecule has 1 aromatic carbocycles. The van der Waals surface area contributed by atoms with Gasteiger partial charge in [-0.3, -0.25) is 0 Å². The van der Waals surface area contributed by atoms with Crippen molar-refractivity contribution < 1.29 is 49.1 Å². The smallest absolute Gasteiger partial charge is 0.507 e. The lowest BCUT2D eigenvalue weighted by Crippen LogP contribution is -2.37. The molecule has 0 fully saturated rings. The lowest BCUT2D eigenvalue weighted by Gasteiger charge is -2.23. The third kappa shape index (κ3) is 4.81. The largest absolute Gasteiger partial charge is 0.550 e. The number of benzene rings is 1. The topological polar surface area (TPSA) is 76.1 Å². The van der Waals surface area contributed by atoms with Gasteiger partial charge in [0, 0.05) is 0 Å². The van der Waals surface area contributed by atoms with Crippen LogP contribution in [-0.4, -0.2) is 25.4 Å². The molecule has 0 radical (unpaired) electrons. The van der Waals surface area contributed by atoms with E-state index < -0.39 is 43.5 Å². The van der Waals surface area contributed by atoms with Gasteiger partial charge in [0.25, 0.3) is 0 Å². The highest BCUT2D eigenvalue weighted by molar-refractivity contribution is 8.12. The van der Waals surface area contributed by atoms with Gasteiger partial charge in [0.05, 0.1) is 5.69 Å². The number of hydrogen-bond donors (Lipinski definition) is 1. The molecular weight excluding hydrogens is 392 g/mol.